The zero-order valence-electron chi connectivity index (χ0n) is 8.36. The summed E-state index contributed by atoms with van der Waals surface area (Å²) in [5.41, 5.74) is 6.86. The fourth-order valence-corrected chi connectivity index (χ4v) is 1.57. The normalized spacial score (nSPS) is 15.0. The van der Waals surface area contributed by atoms with Gasteiger partial charge in [0, 0.05) is 0 Å². The Morgan fingerprint density at radius 2 is 2.33 bits per heavy atom. The van der Waals surface area contributed by atoms with Gasteiger partial charge in [0.15, 0.2) is 5.69 Å². The molecule has 1 aromatic rings. The van der Waals surface area contributed by atoms with Gasteiger partial charge >= 0.3 is 5.97 Å². The largest absolute Gasteiger partial charge is 0.480 e. The molecule has 1 saturated carbocycles. The van der Waals surface area contributed by atoms with Crippen molar-refractivity contribution in [2.24, 2.45) is 0 Å². The van der Waals surface area contributed by atoms with E-state index in [0.29, 0.717) is 11.6 Å². The van der Waals surface area contributed by atoms with Crippen LogP contribution in [0.5, 0.6) is 5.88 Å². The lowest BCUT2D eigenvalue weighted by atomic mass is 10.1. The lowest BCUT2D eigenvalue weighted by molar-refractivity contribution is 0.0688. The number of nitrogens with zero attached hydrogens (tertiary/aromatic N) is 1. The van der Waals surface area contributed by atoms with Crippen LogP contribution in [0.1, 0.15) is 34.8 Å². The van der Waals surface area contributed by atoms with Crippen LogP contribution >= 0.6 is 0 Å². The fraction of sp³-hybridized carbons (Fsp3) is 0.400. The molecule has 1 aliphatic rings. The quantitative estimate of drug-likeness (QED) is 0.780. The molecule has 5 nitrogen and oxygen atoms in total. The van der Waals surface area contributed by atoms with E-state index in [9.17, 15) is 4.79 Å². The molecule has 2 rings (SSSR count). The second-order valence-corrected chi connectivity index (χ2v) is 3.60. The predicted molar refractivity (Wildman–Crippen MR) is 54.1 cm³/mol. The van der Waals surface area contributed by atoms with Gasteiger partial charge in [-0.25, -0.2) is 9.78 Å². The predicted octanol–water partition coefficient (Wildman–Crippen LogP) is 1.25. The van der Waals surface area contributed by atoms with Gasteiger partial charge < -0.3 is 15.6 Å². The van der Waals surface area contributed by atoms with Crippen LogP contribution in [-0.2, 0) is 0 Å². The van der Waals surface area contributed by atoms with Gasteiger partial charge in [-0.05, 0) is 30.4 Å². The number of anilines is 1. The Balaban J connectivity index is 2.52. The third-order valence-corrected chi connectivity index (χ3v) is 2.46. The second kappa shape index (κ2) is 3.42. The maximum absolute atomic E-state index is 11.0. The topological polar surface area (TPSA) is 85.4 Å². The van der Waals surface area contributed by atoms with E-state index in [1.807, 2.05) is 0 Å². The average Bonchev–Trinajstić information content (AvgIpc) is 3.00. The van der Waals surface area contributed by atoms with Crippen LogP contribution in [0.15, 0.2) is 6.07 Å². The SMILES string of the molecule is COc1nc(C(=O)O)c(C2CC2)cc1N. The van der Waals surface area contributed by atoms with Crippen molar-refractivity contribution in [3.8, 4) is 5.88 Å². The number of carboxylic acid groups (broad SMARTS) is 1. The summed E-state index contributed by atoms with van der Waals surface area (Å²) in [6.07, 6.45) is 2.02. The Bertz CT molecular complexity index is 413. The van der Waals surface area contributed by atoms with Crippen LogP contribution < -0.4 is 10.5 Å². The molecule has 0 amide bonds. The van der Waals surface area contributed by atoms with Crippen molar-refractivity contribution >= 4 is 11.7 Å². The lowest BCUT2D eigenvalue weighted by Crippen LogP contribution is -2.08. The highest BCUT2D eigenvalue weighted by atomic mass is 16.5. The molecule has 0 aliphatic heterocycles. The molecule has 0 spiro atoms. The van der Waals surface area contributed by atoms with E-state index in [1.54, 1.807) is 6.07 Å². The number of methoxy groups -OCH3 is 1. The Hall–Kier alpha value is -1.78. The van der Waals surface area contributed by atoms with Gasteiger partial charge in [0.1, 0.15) is 0 Å². The molecule has 15 heavy (non-hydrogen) atoms. The molecular weight excluding hydrogens is 196 g/mol. The third-order valence-electron chi connectivity index (χ3n) is 2.46. The summed E-state index contributed by atoms with van der Waals surface area (Å²) in [5, 5.41) is 8.99. The lowest BCUT2D eigenvalue weighted by Gasteiger charge is -2.08. The third kappa shape index (κ3) is 1.72. The van der Waals surface area contributed by atoms with Crippen molar-refractivity contribution in [3.63, 3.8) is 0 Å². The van der Waals surface area contributed by atoms with Crippen molar-refractivity contribution < 1.29 is 14.6 Å². The molecule has 80 valence electrons. The Kier molecular flexibility index (Phi) is 2.22. The number of nitrogens with two attached hydrogens (primary N) is 1. The second-order valence-electron chi connectivity index (χ2n) is 3.60. The molecule has 0 radical (unpaired) electrons. The summed E-state index contributed by atoms with van der Waals surface area (Å²) >= 11 is 0. The average molecular weight is 208 g/mol. The molecule has 3 N–H and O–H groups in total. The molecule has 1 heterocycles. The maximum Gasteiger partial charge on any atom is 0.354 e. The monoisotopic (exact) mass is 208 g/mol. The van der Waals surface area contributed by atoms with E-state index < -0.39 is 5.97 Å². The minimum absolute atomic E-state index is 0.0588. The molecule has 1 aromatic heterocycles. The Labute approximate surface area is 86.9 Å². The number of carboxylic acids is 1. The van der Waals surface area contributed by atoms with Gasteiger partial charge in [-0.15, -0.1) is 0 Å². The van der Waals surface area contributed by atoms with E-state index in [-0.39, 0.29) is 11.6 Å². The first-order valence-corrected chi connectivity index (χ1v) is 4.71. The molecule has 5 heteroatoms. The minimum Gasteiger partial charge on any atom is -0.480 e. The zero-order chi connectivity index (χ0) is 11.0. The standard InChI is InChI=1S/C10H12N2O3/c1-15-9-7(11)4-6(5-2-3-5)8(12-9)10(13)14/h4-5H,2-3,11H2,1H3,(H,13,14). The zero-order valence-corrected chi connectivity index (χ0v) is 8.36. The number of hydrogen-bond donors (Lipinski definition) is 2. The minimum atomic E-state index is -1.03. The van der Waals surface area contributed by atoms with Gasteiger partial charge in [-0.2, -0.15) is 0 Å². The van der Waals surface area contributed by atoms with Crippen LogP contribution in [0, 0.1) is 0 Å². The van der Waals surface area contributed by atoms with Gasteiger partial charge in [-0.1, -0.05) is 0 Å². The number of nitrogen functional groups attached to an aromatic ring is 1. The summed E-state index contributed by atoms with van der Waals surface area (Å²) < 4.78 is 4.89. The van der Waals surface area contributed by atoms with Crippen molar-refractivity contribution in [1.82, 2.24) is 4.98 Å². The molecule has 0 aromatic carbocycles. The molecule has 0 saturated heterocycles. The van der Waals surface area contributed by atoms with Gasteiger partial charge in [0.05, 0.1) is 12.8 Å². The van der Waals surface area contributed by atoms with Crippen molar-refractivity contribution in [2.75, 3.05) is 12.8 Å². The number of aromatic nitrogens is 1. The molecule has 1 aliphatic carbocycles. The van der Waals surface area contributed by atoms with E-state index in [0.717, 1.165) is 18.4 Å². The summed E-state index contributed by atoms with van der Waals surface area (Å²) in [6.45, 7) is 0. The number of aromatic carboxylic acids is 1. The van der Waals surface area contributed by atoms with Crippen molar-refractivity contribution in [1.29, 1.82) is 0 Å². The maximum atomic E-state index is 11.0. The molecule has 1 fully saturated rings. The highest BCUT2D eigenvalue weighted by Gasteiger charge is 2.30. The summed E-state index contributed by atoms with van der Waals surface area (Å²) in [4.78, 5) is 14.9. The first-order valence-electron chi connectivity index (χ1n) is 4.71. The number of rotatable bonds is 3. The first kappa shape index (κ1) is 9.76. The molecular formula is C10H12N2O3. The first-order chi connectivity index (χ1) is 7.13. The van der Waals surface area contributed by atoms with E-state index in [1.165, 1.54) is 7.11 Å². The molecule has 0 atom stereocenters. The highest BCUT2D eigenvalue weighted by Crippen LogP contribution is 2.42. The van der Waals surface area contributed by atoms with Crippen LogP contribution in [-0.4, -0.2) is 23.2 Å². The van der Waals surface area contributed by atoms with Crippen molar-refractivity contribution in [2.45, 2.75) is 18.8 Å². The van der Waals surface area contributed by atoms with Crippen LogP contribution in [0.4, 0.5) is 5.69 Å². The molecule has 0 bridgehead atoms. The Morgan fingerprint density at radius 3 is 2.80 bits per heavy atom. The number of hydrogen-bond acceptors (Lipinski definition) is 4. The van der Waals surface area contributed by atoms with E-state index >= 15 is 0 Å². The smallest absolute Gasteiger partial charge is 0.354 e. The summed E-state index contributed by atoms with van der Waals surface area (Å²) in [6, 6.07) is 1.66. The fourth-order valence-electron chi connectivity index (χ4n) is 1.57. The summed E-state index contributed by atoms with van der Waals surface area (Å²) in [5.74, 6) is -0.552. The van der Waals surface area contributed by atoms with Gasteiger partial charge in [0.2, 0.25) is 5.88 Å². The number of ether oxygens (including phenoxy) is 1. The van der Waals surface area contributed by atoms with E-state index in [4.69, 9.17) is 15.6 Å². The van der Waals surface area contributed by atoms with Gasteiger partial charge in [-0.3, -0.25) is 0 Å². The number of pyridine rings is 1. The van der Waals surface area contributed by atoms with E-state index in [2.05, 4.69) is 4.98 Å². The Morgan fingerprint density at radius 1 is 1.67 bits per heavy atom. The van der Waals surface area contributed by atoms with Crippen molar-refractivity contribution in [3.05, 3.63) is 17.3 Å². The van der Waals surface area contributed by atoms with Crippen LogP contribution in [0.3, 0.4) is 0 Å². The van der Waals surface area contributed by atoms with Gasteiger partial charge in [0.25, 0.3) is 0 Å². The van der Waals surface area contributed by atoms with Crippen LogP contribution in [0.25, 0.3) is 0 Å². The number of carbonyl (C=O) groups is 1. The highest BCUT2D eigenvalue weighted by molar-refractivity contribution is 5.88. The summed E-state index contributed by atoms with van der Waals surface area (Å²) in [7, 11) is 1.42. The van der Waals surface area contributed by atoms with Crippen LogP contribution in [0.2, 0.25) is 0 Å². The molecule has 0 unspecified atom stereocenters.